The third-order valence-corrected chi connectivity index (χ3v) is 3.45. The Morgan fingerprint density at radius 2 is 1.64 bits per heavy atom. The maximum absolute atomic E-state index is 12.2. The molecule has 114 valence electrons. The third kappa shape index (κ3) is 4.48. The average Bonchev–Trinajstić information content (AvgIpc) is 2.46. The van der Waals surface area contributed by atoms with Crippen molar-refractivity contribution in [3.8, 4) is 0 Å². The van der Waals surface area contributed by atoms with Crippen molar-refractivity contribution in [1.29, 1.82) is 0 Å². The number of amides is 1. The average molecular weight is 338 g/mol. The van der Waals surface area contributed by atoms with Crippen LogP contribution in [0.25, 0.3) is 0 Å². The van der Waals surface area contributed by atoms with Crippen LogP contribution in [0.15, 0.2) is 48.5 Å². The molecule has 1 amide bonds. The van der Waals surface area contributed by atoms with E-state index in [-0.39, 0.29) is 12.0 Å². The minimum Gasteiger partial charge on any atom is -0.480 e. The van der Waals surface area contributed by atoms with Gasteiger partial charge in [0.2, 0.25) is 0 Å². The fourth-order valence-electron chi connectivity index (χ4n) is 1.98. The number of carboxylic acids is 1. The molecular formula is C16H13Cl2NO3. The van der Waals surface area contributed by atoms with E-state index in [2.05, 4.69) is 5.32 Å². The van der Waals surface area contributed by atoms with Crippen molar-refractivity contribution in [2.45, 2.75) is 12.5 Å². The van der Waals surface area contributed by atoms with Crippen LogP contribution in [-0.2, 0) is 11.2 Å². The highest BCUT2D eigenvalue weighted by Crippen LogP contribution is 2.19. The van der Waals surface area contributed by atoms with Gasteiger partial charge in [-0.05, 0) is 23.8 Å². The van der Waals surface area contributed by atoms with Gasteiger partial charge in [-0.15, -0.1) is 0 Å². The second kappa shape index (κ2) is 7.29. The molecule has 0 radical (unpaired) electrons. The van der Waals surface area contributed by atoms with Gasteiger partial charge >= 0.3 is 5.97 Å². The molecule has 0 heterocycles. The van der Waals surface area contributed by atoms with E-state index in [9.17, 15) is 14.7 Å². The van der Waals surface area contributed by atoms with Crippen LogP contribution in [-0.4, -0.2) is 23.0 Å². The molecule has 0 saturated carbocycles. The summed E-state index contributed by atoms with van der Waals surface area (Å²) in [6.07, 6.45) is 0.191. The molecule has 0 bridgehead atoms. The number of carbonyl (C=O) groups excluding carboxylic acids is 1. The Hall–Kier alpha value is -2.04. The van der Waals surface area contributed by atoms with Gasteiger partial charge in [0.15, 0.2) is 0 Å². The molecule has 22 heavy (non-hydrogen) atoms. The molecule has 6 heteroatoms. The van der Waals surface area contributed by atoms with Crippen molar-refractivity contribution < 1.29 is 14.7 Å². The highest BCUT2D eigenvalue weighted by molar-refractivity contribution is 6.35. The van der Waals surface area contributed by atoms with Crippen molar-refractivity contribution in [2.24, 2.45) is 0 Å². The van der Waals surface area contributed by atoms with Gasteiger partial charge in [-0.25, -0.2) is 4.79 Å². The van der Waals surface area contributed by atoms with E-state index in [0.717, 1.165) is 5.56 Å². The van der Waals surface area contributed by atoms with E-state index >= 15 is 0 Å². The van der Waals surface area contributed by atoms with Crippen molar-refractivity contribution in [3.63, 3.8) is 0 Å². The number of carbonyl (C=O) groups is 2. The summed E-state index contributed by atoms with van der Waals surface area (Å²) < 4.78 is 0. The van der Waals surface area contributed by atoms with Gasteiger partial charge in [0.25, 0.3) is 5.91 Å². The summed E-state index contributed by atoms with van der Waals surface area (Å²) in [5, 5.41) is 12.4. The summed E-state index contributed by atoms with van der Waals surface area (Å²) in [7, 11) is 0. The minimum absolute atomic E-state index is 0.191. The second-order valence-electron chi connectivity index (χ2n) is 4.71. The first kappa shape index (κ1) is 16.3. The molecule has 0 aliphatic heterocycles. The molecule has 1 atom stereocenters. The summed E-state index contributed by atoms with van der Waals surface area (Å²) in [6.45, 7) is 0. The Balaban J connectivity index is 2.13. The van der Waals surface area contributed by atoms with Gasteiger partial charge in [0, 0.05) is 22.0 Å². The molecule has 1 unspecified atom stereocenters. The second-order valence-corrected chi connectivity index (χ2v) is 5.59. The molecule has 0 saturated heterocycles. The van der Waals surface area contributed by atoms with Crippen molar-refractivity contribution in [3.05, 3.63) is 69.7 Å². The lowest BCUT2D eigenvalue weighted by Gasteiger charge is -2.15. The van der Waals surface area contributed by atoms with Crippen molar-refractivity contribution >= 4 is 35.1 Å². The largest absolute Gasteiger partial charge is 0.480 e. The fourth-order valence-corrected chi connectivity index (χ4v) is 2.50. The molecule has 0 spiro atoms. The molecule has 0 aliphatic carbocycles. The Kier molecular flexibility index (Phi) is 5.41. The summed E-state index contributed by atoms with van der Waals surface area (Å²) >= 11 is 11.7. The highest BCUT2D eigenvalue weighted by atomic mass is 35.5. The zero-order valence-corrected chi connectivity index (χ0v) is 12.9. The molecule has 2 aromatic rings. The SMILES string of the molecule is O=C(NC(Cc1ccccc1)C(=O)O)c1cc(Cl)cc(Cl)c1. The van der Waals surface area contributed by atoms with Gasteiger partial charge in [-0.2, -0.15) is 0 Å². The molecule has 0 aliphatic rings. The zero-order valence-electron chi connectivity index (χ0n) is 11.4. The first-order valence-electron chi connectivity index (χ1n) is 6.49. The van der Waals surface area contributed by atoms with Crippen LogP contribution in [0.2, 0.25) is 10.0 Å². The van der Waals surface area contributed by atoms with Gasteiger partial charge < -0.3 is 10.4 Å². The van der Waals surface area contributed by atoms with Crippen LogP contribution >= 0.6 is 23.2 Å². The number of hydrogen-bond acceptors (Lipinski definition) is 2. The predicted molar refractivity (Wildman–Crippen MR) is 85.5 cm³/mol. The maximum Gasteiger partial charge on any atom is 0.326 e. The first-order valence-corrected chi connectivity index (χ1v) is 7.25. The van der Waals surface area contributed by atoms with E-state index in [4.69, 9.17) is 23.2 Å². The Morgan fingerprint density at radius 1 is 1.05 bits per heavy atom. The number of aliphatic carboxylic acids is 1. The van der Waals surface area contributed by atoms with Gasteiger partial charge in [0.1, 0.15) is 6.04 Å². The van der Waals surface area contributed by atoms with Gasteiger partial charge in [-0.1, -0.05) is 53.5 Å². The lowest BCUT2D eigenvalue weighted by Crippen LogP contribution is -2.42. The number of nitrogens with one attached hydrogen (secondary N) is 1. The van der Waals surface area contributed by atoms with E-state index < -0.39 is 17.9 Å². The minimum atomic E-state index is -1.11. The van der Waals surface area contributed by atoms with Crippen LogP contribution in [0.5, 0.6) is 0 Å². The Labute approximate surface area is 137 Å². The van der Waals surface area contributed by atoms with Gasteiger partial charge in [0.05, 0.1) is 0 Å². The van der Waals surface area contributed by atoms with Crippen LogP contribution in [0.4, 0.5) is 0 Å². The third-order valence-electron chi connectivity index (χ3n) is 3.01. The van der Waals surface area contributed by atoms with Crippen LogP contribution in [0, 0.1) is 0 Å². The van der Waals surface area contributed by atoms with Crippen LogP contribution in [0.3, 0.4) is 0 Å². The number of halogens is 2. The summed E-state index contributed by atoms with van der Waals surface area (Å²) in [6, 6.07) is 12.4. The fraction of sp³-hybridized carbons (Fsp3) is 0.125. The normalized spacial score (nSPS) is 11.7. The standard InChI is InChI=1S/C16H13Cl2NO3/c17-12-7-11(8-13(18)9-12)15(20)19-14(16(21)22)6-10-4-2-1-3-5-10/h1-5,7-9,14H,6H2,(H,19,20)(H,21,22). The van der Waals surface area contributed by atoms with Crippen molar-refractivity contribution in [1.82, 2.24) is 5.32 Å². The molecular weight excluding hydrogens is 325 g/mol. The molecule has 0 aromatic heterocycles. The Bertz CT molecular complexity index is 669. The predicted octanol–water partition coefficient (Wildman–Crippen LogP) is 3.42. The quantitative estimate of drug-likeness (QED) is 0.878. The maximum atomic E-state index is 12.2. The monoisotopic (exact) mass is 337 g/mol. The zero-order chi connectivity index (χ0) is 16.1. The Morgan fingerprint density at radius 3 is 2.18 bits per heavy atom. The molecule has 2 aromatic carbocycles. The number of carboxylic acid groups (broad SMARTS) is 1. The van der Waals surface area contributed by atoms with Crippen LogP contribution in [0.1, 0.15) is 15.9 Å². The lowest BCUT2D eigenvalue weighted by atomic mass is 10.1. The smallest absolute Gasteiger partial charge is 0.326 e. The topological polar surface area (TPSA) is 66.4 Å². The number of rotatable bonds is 5. The summed E-state index contributed by atoms with van der Waals surface area (Å²) in [4.78, 5) is 23.5. The summed E-state index contributed by atoms with van der Waals surface area (Å²) in [5.74, 6) is -1.64. The summed E-state index contributed by atoms with van der Waals surface area (Å²) in [5.41, 5.74) is 1.04. The van der Waals surface area contributed by atoms with E-state index in [1.54, 1.807) is 12.1 Å². The highest BCUT2D eigenvalue weighted by Gasteiger charge is 2.21. The molecule has 4 nitrogen and oxygen atoms in total. The van der Waals surface area contributed by atoms with Crippen LogP contribution < -0.4 is 5.32 Å². The van der Waals surface area contributed by atoms with Crippen molar-refractivity contribution in [2.75, 3.05) is 0 Å². The number of benzene rings is 2. The molecule has 2 rings (SSSR count). The first-order chi connectivity index (χ1) is 10.5. The van der Waals surface area contributed by atoms with E-state index in [0.29, 0.717) is 10.0 Å². The molecule has 0 fully saturated rings. The lowest BCUT2D eigenvalue weighted by molar-refractivity contribution is -0.139. The molecule has 2 N–H and O–H groups in total. The number of hydrogen-bond donors (Lipinski definition) is 2. The van der Waals surface area contributed by atoms with E-state index in [1.165, 1.54) is 18.2 Å². The van der Waals surface area contributed by atoms with Gasteiger partial charge in [-0.3, -0.25) is 4.79 Å². The van der Waals surface area contributed by atoms with E-state index in [1.807, 2.05) is 18.2 Å².